The van der Waals surface area contributed by atoms with Crippen molar-refractivity contribution >= 4 is 12.4 Å². The molecule has 0 spiro atoms. The Hall–Kier alpha value is -1.51. The van der Waals surface area contributed by atoms with Crippen LogP contribution < -0.4 is 4.74 Å². The molecule has 0 radical (unpaired) electrons. The third-order valence-corrected chi connectivity index (χ3v) is 3.91. The fourth-order valence-corrected chi connectivity index (χ4v) is 2.70. The van der Waals surface area contributed by atoms with Gasteiger partial charge in [-0.3, -0.25) is 0 Å². The SMILES string of the molecule is CN1CCCc2ccccc2Oc2ccccc2CC1.Cl. The van der Waals surface area contributed by atoms with E-state index in [0.29, 0.717) is 0 Å². The number of ether oxygens (including phenoxy) is 1. The number of fused-ring (bicyclic) bond motifs is 2. The molecule has 0 bridgehead atoms. The number of likely N-dealkylation sites (N-methyl/N-ethyl adjacent to an activating group) is 1. The fraction of sp³-hybridized carbons (Fsp3) is 0.333. The van der Waals surface area contributed by atoms with Gasteiger partial charge in [-0.05, 0) is 56.1 Å². The van der Waals surface area contributed by atoms with Gasteiger partial charge in [-0.15, -0.1) is 12.4 Å². The lowest BCUT2D eigenvalue weighted by atomic mass is 10.1. The Kier molecular flexibility index (Phi) is 5.66. The van der Waals surface area contributed by atoms with Gasteiger partial charge in [-0.2, -0.15) is 0 Å². The minimum absolute atomic E-state index is 0. The third-order valence-electron chi connectivity index (χ3n) is 3.91. The maximum atomic E-state index is 6.19. The zero-order chi connectivity index (χ0) is 13.8. The van der Waals surface area contributed by atoms with Gasteiger partial charge in [0.1, 0.15) is 11.5 Å². The molecule has 0 saturated heterocycles. The second-order valence-corrected chi connectivity index (χ2v) is 5.47. The predicted octanol–water partition coefficient (Wildman–Crippen LogP) is 4.32. The van der Waals surface area contributed by atoms with E-state index < -0.39 is 0 Å². The number of benzene rings is 2. The number of hydrogen-bond donors (Lipinski definition) is 0. The molecule has 2 nitrogen and oxygen atoms in total. The van der Waals surface area contributed by atoms with E-state index in [2.05, 4.69) is 48.3 Å². The lowest BCUT2D eigenvalue weighted by molar-refractivity contribution is 0.334. The van der Waals surface area contributed by atoms with Gasteiger partial charge in [-0.1, -0.05) is 36.4 Å². The van der Waals surface area contributed by atoms with Crippen LogP contribution in [0.4, 0.5) is 0 Å². The van der Waals surface area contributed by atoms with Gasteiger partial charge in [-0.25, -0.2) is 0 Å². The minimum Gasteiger partial charge on any atom is -0.457 e. The van der Waals surface area contributed by atoms with Crippen molar-refractivity contribution in [1.29, 1.82) is 0 Å². The Morgan fingerprint density at radius 3 is 2.05 bits per heavy atom. The van der Waals surface area contributed by atoms with E-state index in [1.165, 1.54) is 17.5 Å². The van der Waals surface area contributed by atoms with Crippen LogP contribution in [0.15, 0.2) is 48.5 Å². The Morgan fingerprint density at radius 1 is 0.810 bits per heavy atom. The molecule has 0 fully saturated rings. The molecule has 0 saturated carbocycles. The number of halogens is 1. The second-order valence-electron chi connectivity index (χ2n) is 5.47. The zero-order valence-electron chi connectivity index (χ0n) is 12.4. The van der Waals surface area contributed by atoms with Gasteiger partial charge in [0.15, 0.2) is 0 Å². The molecule has 0 aliphatic carbocycles. The van der Waals surface area contributed by atoms with Gasteiger partial charge >= 0.3 is 0 Å². The molecule has 0 atom stereocenters. The van der Waals surface area contributed by atoms with E-state index >= 15 is 0 Å². The average Bonchev–Trinajstić information content (AvgIpc) is 2.50. The molecule has 1 aliphatic heterocycles. The highest BCUT2D eigenvalue weighted by Gasteiger charge is 2.11. The summed E-state index contributed by atoms with van der Waals surface area (Å²) in [6.07, 6.45) is 3.28. The summed E-state index contributed by atoms with van der Waals surface area (Å²) in [5.74, 6) is 2.00. The summed E-state index contributed by atoms with van der Waals surface area (Å²) >= 11 is 0. The number of nitrogens with zero attached hydrogens (tertiary/aromatic N) is 1. The zero-order valence-corrected chi connectivity index (χ0v) is 13.2. The van der Waals surface area contributed by atoms with Crippen LogP contribution in [0.25, 0.3) is 0 Å². The van der Waals surface area contributed by atoms with Gasteiger partial charge in [0, 0.05) is 6.54 Å². The van der Waals surface area contributed by atoms with Crippen LogP contribution in [0.1, 0.15) is 17.5 Å². The molecule has 0 N–H and O–H groups in total. The summed E-state index contributed by atoms with van der Waals surface area (Å²) in [5.41, 5.74) is 2.59. The van der Waals surface area contributed by atoms with E-state index in [1.807, 2.05) is 12.1 Å². The summed E-state index contributed by atoms with van der Waals surface area (Å²) in [7, 11) is 2.20. The fourth-order valence-electron chi connectivity index (χ4n) is 2.70. The molecule has 21 heavy (non-hydrogen) atoms. The first-order valence-corrected chi connectivity index (χ1v) is 7.35. The largest absolute Gasteiger partial charge is 0.457 e. The molecule has 3 rings (SSSR count). The Balaban J connectivity index is 0.00000161. The molecule has 3 heteroatoms. The van der Waals surface area contributed by atoms with Crippen molar-refractivity contribution in [3.63, 3.8) is 0 Å². The van der Waals surface area contributed by atoms with Crippen LogP contribution in [0.5, 0.6) is 11.5 Å². The molecule has 0 unspecified atom stereocenters. The van der Waals surface area contributed by atoms with Crippen LogP contribution in [0.3, 0.4) is 0 Å². The third kappa shape index (κ3) is 3.99. The summed E-state index contributed by atoms with van der Waals surface area (Å²) in [5, 5.41) is 0. The van der Waals surface area contributed by atoms with Crippen molar-refractivity contribution in [2.24, 2.45) is 0 Å². The van der Waals surface area contributed by atoms with E-state index in [-0.39, 0.29) is 12.4 Å². The van der Waals surface area contributed by atoms with Crippen molar-refractivity contribution in [3.05, 3.63) is 59.7 Å². The highest BCUT2D eigenvalue weighted by Crippen LogP contribution is 2.29. The topological polar surface area (TPSA) is 12.5 Å². The summed E-state index contributed by atoms with van der Waals surface area (Å²) in [4.78, 5) is 2.41. The lowest BCUT2D eigenvalue weighted by Crippen LogP contribution is -2.22. The molecule has 112 valence electrons. The van der Waals surface area contributed by atoms with Crippen LogP contribution in [-0.2, 0) is 12.8 Å². The standard InChI is InChI=1S/C18H21NO.ClH/c1-19-13-6-9-15-7-2-4-10-17(15)20-18-11-5-3-8-16(18)12-14-19;/h2-5,7-8,10-11H,6,9,12-14H2,1H3;1H. The van der Waals surface area contributed by atoms with Crippen molar-refractivity contribution in [2.75, 3.05) is 20.1 Å². The Morgan fingerprint density at radius 2 is 1.38 bits per heavy atom. The van der Waals surface area contributed by atoms with Gasteiger partial charge in [0.25, 0.3) is 0 Å². The first kappa shape index (κ1) is 15.9. The maximum absolute atomic E-state index is 6.19. The first-order chi connectivity index (χ1) is 9.83. The molecular weight excluding hydrogens is 282 g/mol. The van der Waals surface area contributed by atoms with E-state index in [4.69, 9.17) is 4.74 Å². The van der Waals surface area contributed by atoms with E-state index in [0.717, 1.165) is 37.4 Å². The van der Waals surface area contributed by atoms with Crippen LogP contribution in [-0.4, -0.2) is 25.0 Å². The minimum atomic E-state index is 0. The summed E-state index contributed by atoms with van der Waals surface area (Å²) in [6, 6.07) is 16.8. The van der Waals surface area contributed by atoms with Crippen molar-refractivity contribution < 1.29 is 4.74 Å². The lowest BCUT2D eigenvalue weighted by Gasteiger charge is -2.16. The van der Waals surface area contributed by atoms with Crippen molar-refractivity contribution in [1.82, 2.24) is 4.90 Å². The highest BCUT2D eigenvalue weighted by molar-refractivity contribution is 5.85. The normalized spacial score (nSPS) is 15.7. The highest BCUT2D eigenvalue weighted by atomic mass is 35.5. The monoisotopic (exact) mass is 303 g/mol. The predicted molar refractivity (Wildman–Crippen MR) is 89.7 cm³/mol. The van der Waals surface area contributed by atoms with Gasteiger partial charge in [0.2, 0.25) is 0 Å². The van der Waals surface area contributed by atoms with E-state index in [9.17, 15) is 0 Å². The van der Waals surface area contributed by atoms with Crippen LogP contribution in [0, 0.1) is 0 Å². The van der Waals surface area contributed by atoms with Gasteiger partial charge < -0.3 is 9.64 Å². The van der Waals surface area contributed by atoms with E-state index in [1.54, 1.807) is 0 Å². The average molecular weight is 304 g/mol. The number of hydrogen-bond acceptors (Lipinski definition) is 2. The van der Waals surface area contributed by atoms with Crippen molar-refractivity contribution in [2.45, 2.75) is 19.3 Å². The van der Waals surface area contributed by atoms with Crippen molar-refractivity contribution in [3.8, 4) is 11.5 Å². The molecular formula is C18H22ClNO. The molecule has 1 aliphatic rings. The maximum Gasteiger partial charge on any atom is 0.130 e. The molecule has 2 aromatic rings. The number of rotatable bonds is 0. The number of aryl methyl sites for hydroxylation is 1. The summed E-state index contributed by atoms with van der Waals surface area (Å²) in [6.45, 7) is 2.22. The van der Waals surface area contributed by atoms with Crippen LogP contribution >= 0.6 is 12.4 Å². The Bertz CT molecular complexity index is 585. The molecule has 0 amide bonds. The second kappa shape index (κ2) is 7.48. The Labute approximate surface area is 133 Å². The smallest absolute Gasteiger partial charge is 0.130 e. The number of para-hydroxylation sites is 2. The van der Waals surface area contributed by atoms with Gasteiger partial charge in [0.05, 0.1) is 0 Å². The quantitative estimate of drug-likeness (QED) is 0.718. The molecule has 2 aromatic carbocycles. The molecule has 0 aromatic heterocycles. The summed E-state index contributed by atoms with van der Waals surface area (Å²) < 4.78 is 6.19. The van der Waals surface area contributed by atoms with Crippen LogP contribution in [0.2, 0.25) is 0 Å². The first-order valence-electron chi connectivity index (χ1n) is 7.35. The molecule has 1 heterocycles.